The van der Waals surface area contributed by atoms with Gasteiger partial charge in [0.2, 0.25) is 5.91 Å². The third-order valence-electron chi connectivity index (χ3n) is 5.27. The summed E-state index contributed by atoms with van der Waals surface area (Å²) in [5.74, 6) is 0.959. The van der Waals surface area contributed by atoms with E-state index in [2.05, 4.69) is 5.32 Å². The molecule has 3 aromatic rings. The lowest BCUT2D eigenvalue weighted by molar-refractivity contribution is -0.121. The minimum Gasteiger partial charge on any atom is -0.457 e. The van der Waals surface area contributed by atoms with Gasteiger partial charge in [-0.15, -0.1) is 0 Å². The summed E-state index contributed by atoms with van der Waals surface area (Å²) in [6.07, 6.45) is 0. The van der Waals surface area contributed by atoms with E-state index < -0.39 is 11.9 Å². The molecule has 0 aliphatic heterocycles. The van der Waals surface area contributed by atoms with Crippen molar-refractivity contribution in [3.05, 3.63) is 70.5 Å². The number of pyridine rings is 1. The van der Waals surface area contributed by atoms with Crippen molar-refractivity contribution in [3.63, 3.8) is 0 Å². The molecule has 0 saturated carbocycles. The zero-order valence-corrected chi connectivity index (χ0v) is 18.8. The normalized spacial score (nSPS) is 12.2. The molecule has 0 bridgehead atoms. The van der Waals surface area contributed by atoms with Crippen LogP contribution in [0.3, 0.4) is 0 Å². The van der Waals surface area contributed by atoms with E-state index in [-0.39, 0.29) is 18.0 Å². The number of para-hydroxylation sites is 1. The topological polar surface area (TPSA) is 95.6 Å². The Morgan fingerprint density at radius 3 is 2.50 bits per heavy atom. The fraction of sp³-hybridized carbons (Fsp3) is 0.360. The SMILES string of the molecule is CCOCCn1c(=O)c(CN[C@H](C(N)=O)C(C)C)cc2ccc(Oc3ccccc3)cc21. The molecular formula is C25H31N3O4. The number of carbonyl (C=O) groups excluding carboxylic acids is 1. The Morgan fingerprint density at radius 2 is 1.84 bits per heavy atom. The molecule has 0 aliphatic rings. The quantitative estimate of drug-likeness (QED) is 0.448. The summed E-state index contributed by atoms with van der Waals surface area (Å²) in [6.45, 7) is 7.40. The minimum absolute atomic E-state index is 0.0193. The van der Waals surface area contributed by atoms with Crippen molar-refractivity contribution in [3.8, 4) is 11.5 Å². The van der Waals surface area contributed by atoms with Gasteiger partial charge in [0.05, 0.1) is 18.2 Å². The van der Waals surface area contributed by atoms with E-state index in [9.17, 15) is 9.59 Å². The maximum absolute atomic E-state index is 13.3. The number of nitrogens with one attached hydrogen (secondary N) is 1. The van der Waals surface area contributed by atoms with E-state index in [1.807, 2.05) is 75.4 Å². The number of primary amides is 1. The highest BCUT2D eigenvalue weighted by molar-refractivity contribution is 5.82. The fourth-order valence-corrected chi connectivity index (χ4v) is 3.63. The molecule has 32 heavy (non-hydrogen) atoms. The molecule has 2 aromatic carbocycles. The van der Waals surface area contributed by atoms with Gasteiger partial charge in [-0.05, 0) is 48.6 Å². The van der Waals surface area contributed by atoms with Crippen LogP contribution in [0, 0.1) is 5.92 Å². The predicted molar refractivity (Wildman–Crippen MR) is 126 cm³/mol. The van der Waals surface area contributed by atoms with Gasteiger partial charge in [-0.2, -0.15) is 0 Å². The molecule has 0 fully saturated rings. The number of nitrogens with two attached hydrogens (primary N) is 1. The van der Waals surface area contributed by atoms with Gasteiger partial charge in [0, 0.05) is 31.3 Å². The van der Waals surface area contributed by atoms with Crippen LogP contribution >= 0.6 is 0 Å². The van der Waals surface area contributed by atoms with Crippen LogP contribution in [0.2, 0.25) is 0 Å². The molecule has 0 saturated heterocycles. The second-order valence-electron chi connectivity index (χ2n) is 7.96. The molecule has 0 unspecified atom stereocenters. The van der Waals surface area contributed by atoms with Gasteiger partial charge in [-0.1, -0.05) is 32.0 Å². The molecule has 3 N–H and O–H groups in total. The monoisotopic (exact) mass is 437 g/mol. The summed E-state index contributed by atoms with van der Waals surface area (Å²) in [7, 11) is 0. The second-order valence-corrected chi connectivity index (χ2v) is 7.96. The lowest BCUT2D eigenvalue weighted by Crippen LogP contribution is -2.45. The molecule has 0 spiro atoms. The van der Waals surface area contributed by atoms with Gasteiger partial charge in [-0.3, -0.25) is 9.59 Å². The maximum atomic E-state index is 13.3. The Kier molecular flexibility index (Phi) is 8.03. The van der Waals surface area contributed by atoms with Gasteiger partial charge in [0.1, 0.15) is 11.5 Å². The number of hydrogen-bond acceptors (Lipinski definition) is 5. The summed E-state index contributed by atoms with van der Waals surface area (Å²) in [6, 6.07) is 16.5. The summed E-state index contributed by atoms with van der Waals surface area (Å²) in [5.41, 5.74) is 6.71. The van der Waals surface area contributed by atoms with Crippen LogP contribution in [0.5, 0.6) is 11.5 Å². The molecule has 3 rings (SSSR count). The highest BCUT2D eigenvalue weighted by Gasteiger charge is 2.20. The Bertz CT molecular complexity index is 1110. The maximum Gasteiger partial charge on any atom is 0.255 e. The van der Waals surface area contributed by atoms with Gasteiger partial charge in [-0.25, -0.2) is 0 Å². The first kappa shape index (κ1) is 23.5. The average molecular weight is 438 g/mol. The largest absolute Gasteiger partial charge is 0.457 e. The zero-order valence-electron chi connectivity index (χ0n) is 18.8. The lowest BCUT2D eigenvalue weighted by Gasteiger charge is -2.20. The van der Waals surface area contributed by atoms with Crippen LogP contribution in [-0.2, 0) is 22.6 Å². The summed E-state index contributed by atoms with van der Waals surface area (Å²) in [4.78, 5) is 25.0. The van der Waals surface area contributed by atoms with Gasteiger partial charge in [0.15, 0.2) is 0 Å². The number of aromatic nitrogens is 1. The third-order valence-corrected chi connectivity index (χ3v) is 5.27. The summed E-state index contributed by atoms with van der Waals surface area (Å²) >= 11 is 0. The van der Waals surface area contributed by atoms with Crippen molar-refractivity contribution >= 4 is 16.8 Å². The van der Waals surface area contributed by atoms with E-state index in [1.54, 1.807) is 4.57 Å². The second kappa shape index (κ2) is 10.9. The smallest absolute Gasteiger partial charge is 0.255 e. The van der Waals surface area contributed by atoms with Gasteiger partial charge in [0.25, 0.3) is 5.56 Å². The van der Waals surface area contributed by atoms with Crippen LogP contribution in [-0.4, -0.2) is 29.7 Å². The molecule has 7 heteroatoms. The zero-order chi connectivity index (χ0) is 23.1. The Labute approximate surface area is 188 Å². The van der Waals surface area contributed by atoms with Crippen LogP contribution in [0.1, 0.15) is 26.3 Å². The van der Waals surface area contributed by atoms with E-state index in [0.29, 0.717) is 31.1 Å². The minimum atomic E-state index is -0.511. The van der Waals surface area contributed by atoms with Crippen LogP contribution in [0.15, 0.2) is 59.4 Å². The summed E-state index contributed by atoms with van der Waals surface area (Å²) < 4.78 is 13.2. The molecule has 7 nitrogen and oxygen atoms in total. The van der Waals surface area contributed by atoms with Crippen LogP contribution in [0.25, 0.3) is 10.9 Å². The number of amides is 1. The number of nitrogens with zero attached hydrogens (tertiary/aromatic N) is 1. The number of benzene rings is 2. The Balaban J connectivity index is 1.97. The first-order valence-corrected chi connectivity index (χ1v) is 10.9. The van der Waals surface area contributed by atoms with E-state index in [0.717, 1.165) is 16.7 Å². The lowest BCUT2D eigenvalue weighted by atomic mass is 10.0. The number of fused-ring (bicyclic) bond motifs is 1. The third kappa shape index (κ3) is 5.75. The van der Waals surface area contributed by atoms with E-state index >= 15 is 0 Å². The molecule has 1 heterocycles. The molecule has 0 radical (unpaired) electrons. The summed E-state index contributed by atoms with van der Waals surface area (Å²) in [5, 5.41) is 4.04. The Morgan fingerprint density at radius 1 is 1.09 bits per heavy atom. The first-order chi connectivity index (χ1) is 15.4. The molecule has 1 amide bonds. The highest BCUT2D eigenvalue weighted by atomic mass is 16.5. The van der Waals surface area contributed by atoms with Crippen molar-refractivity contribution < 1.29 is 14.3 Å². The molecular weight excluding hydrogens is 406 g/mol. The molecule has 1 atom stereocenters. The van der Waals surface area contributed by atoms with Crippen LogP contribution in [0.4, 0.5) is 0 Å². The van der Waals surface area contributed by atoms with E-state index in [4.69, 9.17) is 15.2 Å². The van der Waals surface area contributed by atoms with Gasteiger partial charge < -0.3 is 25.1 Å². The van der Waals surface area contributed by atoms with Crippen LogP contribution < -0.4 is 21.3 Å². The van der Waals surface area contributed by atoms with Crippen molar-refractivity contribution in [1.29, 1.82) is 0 Å². The van der Waals surface area contributed by atoms with Crippen molar-refractivity contribution in [1.82, 2.24) is 9.88 Å². The number of carbonyl (C=O) groups is 1. The fourth-order valence-electron chi connectivity index (χ4n) is 3.63. The standard InChI is InChI=1S/C25H31N3O4/c1-4-31-13-12-28-22-15-21(32-20-8-6-5-7-9-20)11-10-18(22)14-19(25(28)30)16-27-23(17(2)3)24(26)29/h5-11,14-15,17,23,27H,4,12-13,16H2,1-3H3,(H2,26,29)/t23-/m0/s1. The number of rotatable bonds is 11. The molecule has 170 valence electrons. The number of ether oxygens (including phenoxy) is 2. The van der Waals surface area contributed by atoms with E-state index in [1.165, 1.54) is 0 Å². The molecule has 1 aromatic heterocycles. The van der Waals surface area contributed by atoms with Gasteiger partial charge >= 0.3 is 0 Å². The number of hydrogen-bond donors (Lipinski definition) is 2. The average Bonchev–Trinajstić information content (AvgIpc) is 2.76. The van der Waals surface area contributed by atoms with Crippen molar-refractivity contribution in [2.45, 2.75) is 39.9 Å². The Hall–Kier alpha value is -3.16. The first-order valence-electron chi connectivity index (χ1n) is 10.9. The molecule has 0 aliphatic carbocycles. The van der Waals surface area contributed by atoms with Crippen molar-refractivity contribution in [2.24, 2.45) is 11.7 Å². The predicted octanol–water partition coefficient (Wildman–Crippen LogP) is 3.43. The highest BCUT2D eigenvalue weighted by Crippen LogP contribution is 2.25. The van der Waals surface area contributed by atoms with Crippen molar-refractivity contribution in [2.75, 3.05) is 13.2 Å².